The maximum atomic E-state index is 13.3. The van der Waals surface area contributed by atoms with E-state index in [0.29, 0.717) is 12.8 Å². The Morgan fingerprint density at radius 3 is 2.58 bits per heavy atom. The number of carbonyl (C=O) groups is 1. The molecule has 9 heteroatoms. The second-order valence-electron chi connectivity index (χ2n) is 6.22. The van der Waals surface area contributed by atoms with Crippen LogP contribution in [-0.2, 0) is 10.9 Å². The molecule has 1 saturated carbocycles. The van der Waals surface area contributed by atoms with E-state index in [1.807, 2.05) is 0 Å². The van der Waals surface area contributed by atoms with E-state index < -0.39 is 23.3 Å². The zero-order valence-corrected chi connectivity index (χ0v) is 14.2. The van der Waals surface area contributed by atoms with Crippen molar-refractivity contribution in [3.05, 3.63) is 42.1 Å². The van der Waals surface area contributed by atoms with E-state index in [1.54, 1.807) is 13.3 Å². The molecule has 3 rings (SSSR count). The maximum Gasteiger partial charge on any atom is 0.418 e. The minimum absolute atomic E-state index is 0.136. The number of hydrogen-bond acceptors (Lipinski definition) is 4. The van der Waals surface area contributed by atoms with Gasteiger partial charge in [-0.05, 0) is 37.8 Å². The Morgan fingerprint density at radius 2 is 2.00 bits per heavy atom. The summed E-state index contributed by atoms with van der Waals surface area (Å²) in [7, 11) is 1.63. The van der Waals surface area contributed by atoms with Crippen LogP contribution in [0.2, 0.25) is 0 Å². The number of amides is 1. The fraction of sp³-hybridized carbons (Fsp3) is 0.471. The van der Waals surface area contributed by atoms with Crippen molar-refractivity contribution in [2.45, 2.75) is 44.0 Å². The molecule has 140 valence electrons. The number of nitrogens with zero attached hydrogens (tertiary/aromatic N) is 3. The van der Waals surface area contributed by atoms with Gasteiger partial charge in [-0.1, -0.05) is 0 Å². The van der Waals surface area contributed by atoms with Crippen LogP contribution in [-0.4, -0.2) is 39.7 Å². The van der Waals surface area contributed by atoms with Crippen molar-refractivity contribution in [3.63, 3.8) is 0 Å². The molecule has 0 aromatic carbocycles. The summed E-state index contributed by atoms with van der Waals surface area (Å²) >= 11 is 0. The fourth-order valence-electron chi connectivity index (χ4n) is 3.09. The van der Waals surface area contributed by atoms with Crippen molar-refractivity contribution in [1.82, 2.24) is 19.9 Å². The molecule has 1 fully saturated rings. The highest BCUT2D eigenvalue weighted by Crippen LogP contribution is 2.32. The number of rotatable bonds is 4. The van der Waals surface area contributed by atoms with Gasteiger partial charge in [-0.3, -0.25) is 9.36 Å². The molecule has 0 radical (unpaired) electrons. The summed E-state index contributed by atoms with van der Waals surface area (Å²) in [5, 5.41) is 2.68. The molecular formula is C17H19F3N4O2. The lowest BCUT2D eigenvalue weighted by Gasteiger charge is -2.28. The van der Waals surface area contributed by atoms with Crippen LogP contribution in [0.25, 0.3) is 5.82 Å². The second kappa shape index (κ2) is 7.45. The summed E-state index contributed by atoms with van der Waals surface area (Å²) in [6, 6.07) is 1.90. The van der Waals surface area contributed by atoms with Gasteiger partial charge in [0, 0.05) is 25.5 Å². The molecule has 1 aliphatic rings. The summed E-state index contributed by atoms with van der Waals surface area (Å²) in [5.41, 5.74) is -1.68. The van der Waals surface area contributed by atoms with E-state index in [-0.39, 0.29) is 18.0 Å². The monoisotopic (exact) mass is 368 g/mol. The lowest BCUT2D eigenvalue weighted by atomic mass is 9.93. The van der Waals surface area contributed by atoms with E-state index in [1.165, 1.54) is 23.2 Å². The van der Waals surface area contributed by atoms with Gasteiger partial charge < -0.3 is 10.1 Å². The number of ether oxygens (including phenoxy) is 1. The van der Waals surface area contributed by atoms with E-state index in [2.05, 4.69) is 15.3 Å². The van der Waals surface area contributed by atoms with Gasteiger partial charge in [0.05, 0.1) is 11.7 Å². The SMILES string of the molecule is COC1CCC(NC(=O)c2nc(-n3ccnc3)ccc2C(F)(F)F)CC1. The molecule has 1 amide bonds. The van der Waals surface area contributed by atoms with Crippen LogP contribution in [0.4, 0.5) is 13.2 Å². The smallest absolute Gasteiger partial charge is 0.381 e. The molecule has 2 aromatic heterocycles. The molecule has 0 aliphatic heterocycles. The Labute approximate surface area is 148 Å². The van der Waals surface area contributed by atoms with Crippen LogP contribution < -0.4 is 5.32 Å². The van der Waals surface area contributed by atoms with Gasteiger partial charge in [-0.25, -0.2) is 9.97 Å². The van der Waals surface area contributed by atoms with Gasteiger partial charge in [0.25, 0.3) is 5.91 Å². The second-order valence-corrected chi connectivity index (χ2v) is 6.22. The molecule has 0 bridgehead atoms. The molecule has 1 N–H and O–H groups in total. The van der Waals surface area contributed by atoms with Crippen molar-refractivity contribution < 1.29 is 22.7 Å². The van der Waals surface area contributed by atoms with Gasteiger partial charge in [0.1, 0.15) is 17.8 Å². The maximum absolute atomic E-state index is 13.3. The van der Waals surface area contributed by atoms with Crippen molar-refractivity contribution in [2.75, 3.05) is 7.11 Å². The summed E-state index contributed by atoms with van der Waals surface area (Å²) in [4.78, 5) is 20.3. The minimum atomic E-state index is -4.67. The lowest BCUT2D eigenvalue weighted by molar-refractivity contribution is -0.138. The van der Waals surface area contributed by atoms with Gasteiger partial charge in [-0.2, -0.15) is 13.2 Å². The zero-order chi connectivity index (χ0) is 18.7. The first-order valence-corrected chi connectivity index (χ1v) is 8.28. The van der Waals surface area contributed by atoms with Crippen molar-refractivity contribution in [2.24, 2.45) is 0 Å². The summed E-state index contributed by atoms with van der Waals surface area (Å²) in [6.07, 6.45) is 2.74. The highest BCUT2D eigenvalue weighted by Gasteiger charge is 2.37. The Hall–Kier alpha value is -2.42. The Morgan fingerprint density at radius 1 is 1.27 bits per heavy atom. The summed E-state index contributed by atoms with van der Waals surface area (Å²) in [6.45, 7) is 0. The zero-order valence-electron chi connectivity index (χ0n) is 14.2. The van der Waals surface area contributed by atoms with Crippen molar-refractivity contribution in [1.29, 1.82) is 0 Å². The summed E-state index contributed by atoms with van der Waals surface area (Å²) in [5.74, 6) is -0.621. The van der Waals surface area contributed by atoms with E-state index >= 15 is 0 Å². The number of hydrogen-bond donors (Lipinski definition) is 1. The number of alkyl halides is 3. The number of imidazole rings is 1. The van der Waals surface area contributed by atoms with E-state index in [0.717, 1.165) is 18.9 Å². The normalized spacial score (nSPS) is 20.8. The molecule has 0 spiro atoms. The third kappa shape index (κ3) is 4.04. The third-order valence-electron chi connectivity index (χ3n) is 4.51. The highest BCUT2D eigenvalue weighted by atomic mass is 19.4. The molecule has 2 aromatic rings. The number of methoxy groups -OCH3 is 1. The fourth-order valence-corrected chi connectivity index (χ4v) is 3.09. The first kappa shape index (κ1) is 18.4. The number of carbonyl (C=O) groups excluding carboxylic acids is 1. The van der Waals surface area contributed by atoms with Crippen LogP contribution in [0.3, 0.4) is 0 Å². The predicted molar refractivity (Wildman–Crippen MR) is 86.9 cm³/mol. The predicted octanol–water partition coefficient (Wildman–Crippen LogP) is 2.97. The van der Waals surface area contributed by atoms with Crippen LogP contribution >= 0.6 is 0 Å². The average molecular weight is 368 g/mol. The molecular weight excluding hydrogens is 349 g/mol. The number of halogens is 3. The first-order chi connectivity index (χ1) is 12.4. The highest BCUT2D eigenvalue weighted by molar-refractivity contribution is 5.94. The number of nitrogens with one attached hydrogen (secondary N) is 1. The Kier molecular flexibility index (Phi) is 5.26. The topological polar surface area (TPSA) is 69.0 Å². The standard InChI is InChI=1S/C17H19F3N4O2/c1-26-12-4-2-11(3-5-12)22-16(25)15-13(17(18,19)20)6-7-14(23-15)24-9-8-21-10-24/h6-12H,2-5H2,1H3,(H,22,25). The number of aromatic nitrogens is 3. The average Bonchev–Trinajstić information content (AvgIpc) is 3.16. The lowest BCUT2D eigenvalue weighted by Crippen LogP contribution is -2.40. The quantitative estimate of drug-likeness (QED) is 0.901. The Bertz CT molecular complexity index is 754. The van der Waals surface area contributed by atoms with Gasteiger partial charge in [0.15, 0.2) is 0 Å². The molecule has 6 nitrogen and oxygen atoms in total. The number of pyridine rings is 1. The molecule has 0 saturated heterocycles. The molecule has 1 aliphatic carbocycles. The van der Waals surface area contributed by atoms with E-state index in [4.69, 9.17) is 4.74 Å². The first-order valence-electron chi connectivity index (χ1n) is 8.28. The van der Waals surface area contributed by atoms with Crippen LogP contribution in [0.15, 0.2) is 30.9 Å². The largest absolute Gasteiger partial charge is 0.418 e. The van der Waals surface area contributed by atoms with Crippen LogP contribution in [0, 0.1) is 0 Å². The van der Waals surface area contributed by atoms with Gasteiger partial charge in [0.2, 0.25) is 0 Å². The van der Waals surface area contributed by atoms with Crippen LogP contribution in [0.5, 0.6) is 0 Å². The minimum Gasteiger partial charge on any atom is -0.381 e. The molecule has 26 heavy (non-hydrogen) atoms. The third-order valence-corrected chi connectivity index (χ3v) is 4.51. The van der Waals surface area contributed by atoms with Crippen molar-refractivity contribution >= 4 is 5.91 Å². The van der Waals surface area contributed by atoms with Crippen LogP contribution in [0.1, 0.15) is 41.7 Å². The van der Waals surface area contributed by atoms with Gasteiger partial charge >= 0.3 is 6.18 Å². The molecule has 2 heterocycles. The molecule has 0 unspecified atom stereocenters. The van der Waals surface area contributed by atoms with E-state index in [9.17, 15) is 18.0 Å². The van der Waals surface area contributed by atoms with Gasteiger partial charge in [-0.15, -0.1) is 0 Å². The summed E-state index contributed by atoms with van der Waals surface area (Å²) < 4.78 is 46.6. The Balaban J connectivity index is 1.84. The van der Waals surface area contributed by atoms with Crippen molar-refractivity contribution in [3.8, 4) is 5.82 Å². The molecule has 0 atom stereocenters.